The van der Waals surface area contributed by atoms with Crippen molar-refractivity contribution < 1.29 is 35.9 Å². The molecule has 2 N–H and O–H groups in total. The van der Waals surface area contributed by atoms with Crippen LogP contribution in [0.2, 0.25) is 0 Å². The molecular formula is C23H19F3N2O5S. The highest BCUT2D eigenvalue weighted by atomic mass is 32.2. The van der Waals surface area contributed by atoms with Crippen molar-refractivity contribution in [2.75, 3.05) is 10.0 Å². The molecule has 3 aromatic rings. The Morgan fingerprint density at radius 2 is 1.59 bits per heavy atom. The molecule has 3 aromatic carbocycles. The second-order valence-electron chi connectivity index (χ2n) is 7.22. The summed E-state index contributed by atoms with van der Waals surface area (Å²) in [6, 6.07) is 11.2. The molecule has 0 fully saturated rings. The summed E-state index contributed by atoms with van der Waals surface area (Å²) in [5.41, 5.74) is -0.523. The summed E-state index contributed by atoms with van der Waals surface area (Å²) >= 11 is 0. The number of nitrogens with one attached hydrogen (secondary N) is 2. The third-order valence-corrected chi connectivity index (χ3v) is 6.06. The van der Waals surface area contributed by atoms with Gasteiger partial charge in [-0.3, -0.25) is 9.52 Å². The van der Waals surface area contributed by atoms with Crippen LogP contribution in [-0.2, 0) is 19.6 Å². The van der Waals surface area contributed by atoms with Gasteiger partial charge in [0.2, 0.25) is 0 Å². The molecule has 0 aliphatic rings. The van der Waals surface area contributed by atoms with Gasteiger partial charge < -0.3 is 10.1 Å². The van der Waals surface area contributed by atoms with E-state index in [0.717, 1.165) is 30.3 Å². The number of ether oxygens (including phenoxy) is 1. The van der Waals surface area contributed by atoms with Crippen LogP contribution in [0.1, 0.15) is 22.8 Å². The molecule has 0 aliphatic carbocycles. The monoisotopic (exact) mass is 492 g/mol. The molecule has 34 heavy (non-hydrogen) atoms. The van der Waals surface area contributed by atoms with Gasteiger partial charge in [0.05, 0.1) is 21.8 Å². The van der Waals surface area contributed by atoms with Gasteiger partial charge >= 0.3 is 5.97 Å². The minimum atomic E-state index is -4.26. The number of para-hydroxylation sites is 1. The van der Waals surface area contributed by atoms with Gasteiger partial charge in [-0.2, -0.15) is 0 Å². The molecule has 0 bridgehead atoms. The van der Waals surface area contributed by atoms with E-state index in [2.05, 4.69) is 10.0 Å². The summed E-state index contributed by atoms with van der Waals surface area (Å²) in [5, 5.41) is 2.12. The molecule has 0 saturated heterocycles. The lowest BCUT2D eigenvalue weighted by Crippen LogP contribution is -2.30. The molecule has 0 aromatic heterocycles. The molecule has 1 amide bonds. The van der Waals surface area contributed by atoms with Crippen molar-refractivity contribution in [3.8, 4) is 0 Å². The fourth-order valence-corrected chi connectivity index (χ4v) is 3.93. The van der Waals surface area contributed by atoms with Crippen molar-refractivity contribution in [1.29, 1.82) is 0 Å². The van der Waals surface area contributed by atoms with Crippen LogP contribution < -0.4 is 10.0 Å². The van der Waals surface area contributed by atoms with E-state index < -0.39 is 51.1 Å². The number of rotatable bonds is 7. The van der Waals surface area contributed by atoms with Gasteiger partial charge in [0, 0.05) is 6.07 Å². The van der Waals surface area contributed by atoms with Gasteiger partial charge in [-0.1, -0.05) is 18.2 Å². The molecule has 1 atom stereocenters. The largest absolute Gasteiger partial charge is 0.449 e. The average Bonchev–Trinajstić information content (AvgIpc) is 2.77. The van der Waals surface area contributed by atoms with E-state index in [1.54, 1.807) is 0 Å². The fraction of sp³-hybridized carbons (Fsp3) is 0.130. The number of carbonyl (C=O) groups excluding carboxylic acids is 2. The van der Waals surface area contributed by atoms with Gasteiger partial charge in [0.1, 0.15) is 17.5 Å². The van der Waals surface area contributed by atoms with Gasteiger partial charge in [0.25, 0.3) is 15.9 Å². The minimum Gasteiger partial charge on any atom is -0.449 e. The Morgan fingerprint density at radius 3 is 2.29 bits per heavy atom. The van der Waals surface area contributed by atoms with E-state index in [1.165, 1.54) is 44.2 Å². The number of amides is 1. The number of halogens is 3. The summed E-state index contributed by atoms with van der Waals surface area (Å²) in [7, 11) is -4.26. The first kappa shape index (κ1) is 24.8. The minimum absolute atomic E-state index is 0.159. The molecule has 0 spiro atoms. The molecule has 178 valence electrons. The lowest BCUT2D eigenvalue weighted by atomic mass is 10.1. The summed E-state index contributed by atoms with van der Waals surface area (Å²) in [5.74, 6) is -4.40. The van der Waals surface area contributed by atoms with Gasteiger partial charge in [-0.05, 0) is 55.8 Å². The van der Waals surface area contributed by atoms with Crippen molar-refractivity contribution in [1.82, 2.24) is 0 Å². The Hall–Kier alpha value is -3.86. The van der Waals surface area contributed by atoms with Gasteiger partial charge in [-0.15, -0.1) is 0 Å². The number of hydrogen-bond acceptors (Lipinski definition) is 5. The first-order valence-electron chi connectivity index (χ1n) is 9.83. The van der Waals surface area contributed by atoms with Crippen LogP contribution in [0.5, 0.6) is 0 Å². The molecule has 0 radical (unpaired) electrons. The Labute approximate surface area is 193 Å². The van der Waals surface area contributed by atoms with Crippen LogP contribution in [0.15, 0.2) is 65.6 Å². The Kier molecular flexibility index (Phi) is 7.26. The summed E-state index contributed by atoms with van der Waals surface area (Å²) in [6.07, 6.45) is -1.42. The number of benzene rings is 3. The number of carbonyl (C=O) groups is 2. The first-order chi connectivity index (χ1) is 16.0. The topological polar surface area (TPSA) is 102 Å². The second-order valence-corrected chi connectivity index (χ2v) is 8.91. The quantitative estimate of drug-likeness (QED) is 0.476. The lowest BCUT2D eigenvalue weighted by molar-refractivity contribution is -0.123. The van der Waals surface area contributed by atoms with Crippen LogP contribution >= 0.6 is 0 Å². The molecular weight excluding hydrogens is 473 g/mol. The first-order valence-corrected chi connectivity index (χ1v) is 11.3. The summed E-state index contributed by atoms with van der Waals surface area (Å²) in [6.45, 7) is 2.73. The maximum Gasteiger partial charge on any atom is 0.339 e. The zero-order valence-electron chi connectivity index (χ0n) is 17.9. The van der Waals surface area contributed by atoms with Crippen molar-refractivity contribution in [2.45, 2.75) is 24.8 Å². The van der Waals surface area contributed by atoms with Gasteiger partial charge in [-0.25, -0.2) is 26.4 Å². The summed E-state index contributed by atoms with van der Waals surface area (Å²) in [4.78, 5) is 24.6. The van der Waals surface area contributed by atoms with Crippen molar-refractivity contribution in [2.24, 2.45) is 0 Å². The van der Waals surface area contributed by atoms with E-state index in [9.17, 15) is 31.2 Å². The Balaban J connectivity index is 1.77. The van der Waals surface area contributed by atoms with Crippen LogP contribution in [0.3, 0.4) is 0 Å². The molecule has 0 aliphatic heterocycles. The van der Waals surface area contributed by atoms with Crippen LogP contribution in [0.4, 0.5) is 24.5 Å². The number of esters is 1. The van der Waals surface area contributed by atoms with E-state index in [-0.39, 0.29) is 16.1 Å². The normalized spacial score (nSPS) is 12.0. The number of sulfonamides is 1. The fourth-order valence-electron chi connectivity index (χ4n) is 2.84. The zero-order valence-corrected chi connectivity index (χ0v) is 18.8. The van der Waals surface area contributed by atoms with Crippen LogP contribution in [-0.4, -0.2) is 26.4 Å². The van der Waals surface area contributed by atoms with Crippen molar-refractivity contribution in [3.05, 3.63) is 89.2 Å². The molecule has 3 rings (SSSR count). The lowest BCUT2D eigenvalue weighted by Gasteiger charge is -2.16. The predicted molar refractivity (Wildman–Crippen MR) is 118 cm³/mol. The van der Waals surface area contributed by atoms with E-state index in [0.29, 0.717) is 5.56 Å². The Morgan fingerprint density at radius 1 is 0.912 bits per heavy atom. The maximum absolute atomic E-state index is 13.8. The van der Waals surface area contributed by atoms with E-state index >= 15 is 0 Å². The third-order valence-electron chi connectivity index (χ3n) is 4.70. The highest BCUT2D eigenvalue weighted by Crippen LogP contribution is 2.22. The average molecular weight is 492 g/mol. The van der Waals surface area contributed by atoms with Gasteiger partial charge in [0.15, 0.2) is 6.10 Å². The number of aryl methyl sites for hydroxylation is 1. The van der Waals surface area contributed by atoms with Crippen molar-refractivity contribution in [3.63, 3.8) is 0 Å². The molecule has 0 saturated carbocycles. The highest BCUT2D eigenvalue weighted by Gasteiger charge is 2.24. The van der Waals surface area contributed by atoms with E-state index in [4.69, 9.17) is 4.74 Å². The number of hydrogen-bond donors (Lipinski definition) is 2. The Bertz CT molecular complexity index is 1360. The van der Waals surface area contributed by atoms with Crippen LogP contribution in [0.25, 0.3) is 0 Å². The summed E-state index contributed by atoms with van der Waals surface area (Å²) < 4.78 is 73.4. The standard InChI is InChI=1S/C23H19F3N2O5S/c1-13-7-9-16(34(31,32)28-20-6-4-3-5-18(20)25)12-17(13)23(30)33-14(2)22(29)27-21-11-15(24)8-10-19(21)26/h3-12,14,28H,1-2H3,(H,27,29). The SMILES string of the molecule is Cc1ccc(S(=O)(=O)Nc2ccccc2F)cc1C(=O)OC(C)C(=O)Nc1cc(F)ccc1F. The van der Waals surface area contributed by atoms with Crippen molar-refractivity contribution >= 4 is 33.3 Å². The second kappa shape index (κ2) is 9.96. The zero-order chi connectivity index (χ0) is 25.0. The highest BCUT2D eigenvalue weighted by molar-refractivity contribution is 7.92. The smallest absolute Gasteiger partial charge is 0.339 e. The molecule has 11 heteroatoms. The number of anilines is 2. The molecule has 7 nitrogen and oxygen atoms in total. The molecule has 0 heterocycles. The third kappa shape index (κ3) is 5.73. The predicted octanol–water partition coefficient (Wildman–Crippen LogP) is 4.40. The molecule has 1 unspecified atom stereocenters. The van der Waals surface area contributed by atoms with Crippen LogP contribution in [0, 0.1) is 24.4 Å². The van der Waals surface area contributed by atoms with E-state index in [1.807, 2.05) is 0 Å². The maximum atomic E-state index is 13.8.